The first-order valence-corrected chi connectivity index (χ1v) is 9.22. The molecular formula is C23H25NO2. The Labute approximate surface area is 155 Å². The van der Waals surface area contributed by atoms with E-state index in [4.69, 9.17) is 0 Å². The maximum absolute atomic E-state index is 12.1. The number of nitrogens with zero attached hydrogens (tertiary/aromatic N) is 1. The maximum atomic E-state index is 12.1. The Bertz CT molecular complexity index is 784. The molecule has 0 spiro atoms. The summed E-state index contributed by atoms with van der Waals surface area (Å²) >= 11 is 0. The van der Waals surface area contributed by atoms with Gasteiger partial charge < -0.3 is 0 Å². The van der Waals surface area contributed by atoms with Crippen molar-refractivity contribution in [2.75, 3.05) is 0 Å². The molecule has 134 valence electrons. The molecule has 0 N–H and O–H groups in total. The lowest BCUT2D eigenvalue weighted by Crippen LogP contribution is -2.29. The van der Waals surface area contributed by atoms with Gasteiger partial charge in [-0.3, -0.25) is 9.59 Å². The summed E-state index contributed by atoms with van der Waals surface area (Å²) in [7, 11) is 0. The van der Waals surface area contributed by atoms with Crippen molar-refractivity contribution < 1.29 is 9.59 Å². The van der Waals surface area contributed by atoms with Gasteiger partial charge in [-0.2, -0.15) is 0 Å². The number of carbonyl (C=O) groups excluding carboxylic acids is 2. The van der Waals surface area contributed by atoms with Crippen LogP contribution in [0.2, 0.25) is 0 Å². The molecule has 3 rings (SSSR count). The second-order valence-corrected chi connectivity index (χ2v) is 7.08. The highest BCUT2D eigenvalue weighted by Crippen LogP contribution is 2.25. The molecule has 2 aliphatic carbocycles. The van der Waals surface area contributed by atoms with Crippen molar-refractivity contribution in [1.29, 1.82) is 0 Å². The third-order valence-electron chi connectivity index (χ3n) is 4.75. The van der Waals surface area contributed by atoms with E-state index < -0.39 is 0 Å². The van der Waals surface area contributed by atoms with Crippen LogP contribution in [-0.2, 0) is 9.59 Å². The van der Waals surface area contributed by atoms with E-state index in [1.54, 1.807) is 0 Å². The van der Waals surface area contributed by atoms with Gasteiger partial charge in [0.15, 0.2) is 0 Å². The van der Waals surface area contributed by atoms with Crippen molar-refractivity contribution in [1.82, 2.24) is 4.90 Å². The molecule has 3 nitrogen and oxygen atoms in total. The van der Waals surface area contributed by atoms with Gasteiger partial charge in [-0.05, 0) is 42.7 Å². The normalized spacial score (nSPS) is 30.8. The monoisotopic (exact) mass is 347 g/mol. The zero-order valence-corrected chi connectivity index (χ0v) is 15.4. The van der Waals surface area contributed by atoms with Gasteiger partial charge in [0.25, 0.3) is 11.8 Å². The predicted octanol–water partition coefficient (Wildman–Crippen LogP) is 4.79. The first-order valence-electron chi connectivity index (χ1n) is 9.22. The van der Waals surface area contributed by atoms with E-state index in [0.717, 1.165) is 19.3 Å². The lowest BCUT2D eigenvalue weighted by molar-refractivity contribution is -0.134. The van der Waals surface area contributed by atoms with Gasteiger partial charge in [-0.25, -0.2) is 4.90 Å². The fourth-order valence-electron chi connectivity index (χ4n) is 3.26. The number of hydrogen-bond acceptors (Lipinski definition) is 2. The van der Waals surface area contributed by atoms with E-state index >= 15 is 0 Å². The average molecular weight is 347 g/mol. The molecule has 0 radical (unpaired) electrons. The minimum atomic E-state index is -0.262. The summed E-state index contributed by atoms with van der Waals surface area (Å²) in [6, 6.07) is 0. The first-order chi connectivity index (χ1) is 12.5. The van der Waals surface area contributed by atoms with Crippen molar-refractivity contribution >= 4 is 11.8 Å². The molecule has 3 heteroatoms. The molecule has 2 unspecified atom stereocenters. The number of hydrogen-bond donors (Lipinski definition) is 0. The Morgan fingerprint density at radius 1 is 0.962 bits per heavy atom. The number of amides is 2. The van der Waals surface area contributed by atoms with Crippen molar-refractivity contribution in [3.63, 3.8) is 0 Å². The highest BCUT2D eigenvalue weighted by atomic mass is 16.2. The summed E-state index contributed by atoms with van der Waals surface area (Å²) in [5, 5.41) is 0. The van der Waals surface area contributed by atoms with E-state index in [1.165, 1.54) is 28.2 Å². The first kappa shape index (κ1) is 18.1. The highest BCUT2D eigenvalue weighted by molar-refractivity contribution is 6.14. The molecule has 3 aliphatic rings. The lowest BCUT2D eigenvalue weighted by atomic mass is 9.96. The van der Waals surface area contributed by atoms with E-state index in [1.807, 2.05) is 12.2 Å². The second kappa shape index (κ2) is 8.13. The molecule has 2 atom stereocenters. The van der Waals surface area contributed by atoms with Crippen LogP contribution >= 0.6 is 0 Å². The number of allylic oxidation sites excluding steroid dienone is 11. The molecule has 0 aromatic carbocycles. The van der Waals surface area contributed by atoms with Gasteiger partial charge in [0.1, 0.15) is 0 Å². The Morgan fingerprint density at radius 3 is 2.50 bits per heavy atom. The second-order valence-electron chi connectivity index (χ2n) is 7.08. The molecular weight excluding hydrogens is 322 g/mol. The Hall–Kier alpha value is -2.68. The van der Waals surface area contributed by atoms with Gasteiger partial charge in [0, 0.05) is 17.8 Å². The van der Waals surface area contributed by atoms with E-state index in [9.17, 15) is 9.59 Å². The Morgan fingerprint density at radius 2 is 1.73 bits per heavy atom. The zero-order valence-electron chi connectivity index (χ0n) is 15.4. The SMILES string of the molecule is CC1C=CC=C(CC/C2=C/C(N3C(=O)C=CC3=O)=C\C(C)/C=C\C2)C=C1. The molecule has 1 heterocycles. The van der Waals surface area contributed by atoms with Crippen molar-refractivity contribution in [3.8, 4) is 0 Å². The topological polar surface area (TPSA) is 37.4 Å². The van der Waals surface area contributed by atoms with Gasteiger partial charge in [-0.1, -0.05) is 68.0 Å². The van der Waals surface area contributed by atoms with Gasteiger partial charge in [0.2, 0.25) is 0 Å². The summed E-state index contributed by atoms with van der Waals surface area (Å²) in [6.45, 7) is 4.23. The summed E-state index contributed by atoms with van der Waals surface area (Å²) in [4.78, 5) is 25.4. The van der Waals surface area contributed by atoms with Crippen molar-refractivity contribution in [2.24, 2.45) is 11.8 Å². The largest absolute Gasteiger partial charge is 0.269 e. The summed E-state index contributed by atoms with van der Waals surface area (Å²) < 4.78 is 0. The number of imide groups is 1. The molecule has 26 heavy (non-hydrogen) atoms. The highest BCUT2D eigenvalue weighted by Gasteiger charge is 2.26. The Balaban J connectivity index is 1.78. The van der Waals surface area contributed by atoms with Crippen LogP contribution in [0.25, 0.3) is 0 Å². The summed E-state index contributed by atoms with van der Waals surface area (Å²) in [6.07, 6.45) is 24.5. The standard InChI is InChI=1S/C23H25NO2/c1-17-5-3-7-19(10-9-17)11-12-20-8-4-6-18(2)15-21(16-20)24-22(25)13-14-23(24)26/h3-7,9-10,13-18H,8,11-12H2,1-2H3/b6-4-,20-16+,21-15+. The summed E-state index contributed by atoms with van der Waals surface area (Å²) in [5.41, 5.74) is 3.21. The third-order valence-corrected chi connectivity index (χ3v) is 4.75. The third kappa shape index (κ3) is 4.48. The van der Waals surface area contributed by atoms with Crippen LogP contribution in [0.5, 0.6) is 0 Å². The van der Waals surface area contributed by atoms with Gasteiger partial charge in [-0.15, -0.1) is 0 Å². The molecule has 0 bridgehead atoms. The van der Waals surface area contributed by atoms with E-state index in [2.05, 4.69) is 56.4 Å². The van der Waals surface area contributed by atoms with E-state index in [-0.39, 0.29) is 17.7 Å². The Kier molecular flexibility index (Phi) is 5.67. The van der Waals surface area contributed by atoms with Crippen LogP contribution in [0.3, 0.4) is 0 Å². The zero-order chi connectivity index (χ0) is 18.5. The van der Waals surface area contributed by atoms with Gasteiger partial charge in [0.05, 0.1) is 0 Å². The molecule has 2 amide bonds. The van der Waals surface area contributed by atoms with E-state index in [0.29, 0.717) is 11.6 Å². The van der Waals surface area contributed by atoms with Gasteiger partial charge >= 0.3 is 0 Å². The summed E-state index contributed by atoms with van der Waals surface area (Å²) in [5.74, 6) is 0.121. The minimum absolute atomic E-state index is 0.183. The maximum Gasteiger partial charge on any atom is 0.258 e. The van der Waals surface area contributed by atoms with Crippen LogP contribution in [0.15, 0.2) is 83.7 Å². The van der Waals surface area contributed by atoms with Crippen LogP contribution in [-0.4, -0.2) is 16.7 Å². The number of carbonyl (C=O) groups is 2. The fraction of sp³-hybridized carbons (Fsp3) is 0.304. The quantitative estimate of drug-likeness (QED) is 0.542. The molecule has 0 aromatic rings. The van der Waals surface area contributed by atoms with Crippen molar-refractivity contribution in [3.05, 3.63) is 83.7 Å². The predicted molar refractivity (Wildman–Crippen MR) is 105 cm³/mol. The fourth-order valence-corrected chi connectivity index (χ4v) is 3.26. The van der Waals surface area contributed by atoms with Crippen LogP contribution in [0, 0.1) is 11.8 Å². The van der Waals surface area contributed by atoms with Crippen LogP contribution in [0.4, 0.5) is 0 Å². The minimum Gasteiger partial charge on any atom is -0.269 e. The smallest absolute Gasteiger partial charge is 0.258 e. The molecule has 0 saturated carbocycles. The molecule has 1 aliphatic heterocycles. The lowest BCUT2D eigenvalue weighted by Gasteiger charge is -2.19. The average Bonchev–Trinajstić information content (AvgIpc) is 2.78. The van der Waals surface area contributed by atoms with Crippen molar-refractivity contribution in [2.45, 2.75) is 33.1 Å². The van der Waals surface area contributed by atoms with Crippen LogP contribution in [0.1, 0.15) is 33.1 Å². The van der Waals surface area contributed by atoms with Crippen LogP contribution < -0.4 is 0 Å². The molecule has 0 aromatic heterocycles. The number of rotatable bonds is 4. The molecule has 0 fully saturated rings. The molecule has 0 saturated heterocycles.